The van der Waals surface area contributed by atoms with Crippen molar-refractivity contribution < 1.29 is 0 Å². The molecule has 2 aliphatic rings. The first kappa shape index (κ1) is 14.0. The molecule has 2 aliphatic carbocycles. The van der Waals surface area contributed by atoms with Gasteiger partial charge in [0.25, 0.3) is 0 Å². The second-order valence-corrected chi connectivity index (χ2v) is 7.82. The molecule has 2 fully saturated rings. The van der Waals surface area contributed by atoms with Gasteiger partial charge < -0.3 is 5.32 Å². The third kappa shape index (κ3) is 4.24. The molecule has 3 heteroatoms. The molecule has 3 rings (SSSR count). The van der Waals surface area contributed by atoms with Crippen molar-refractivity contribution in [1.29, 1.82) is 0 Å². The van der Waals surface area contributed by atoms with Crippen molar-refractivity contribution in [2.75, 3.05) is 5.75 Å². The van der Waals surface area contributed by atoms with Crippen LogP contribution in [0.15, 0.2) is 27.6 Å². The largest absolute Gasteiger partial charge is 0.310 e. The highest BCUT2D eigenvalue weighted by atomic mass is 79.9. The van der Waals surface area contributed by atoms with E-state index >= 15 is 0 Å². The van der Waals surface area contributed by atoms with Crippen LogP contribution >= 0.6 is 27.7 Å². The van der Waals surface area contributed by atoms with Gasteiger partial charge >= 0.3 is 0 Å². The van der Waals surface area contributed by atoms with Crippen molar-refractivity contribution in [1.82, 2.24) is 5.32 Å². The van der Waals surface area contributed by atoms with Crippen molar-refractivity contribution in [3.05, 3.63) is 28.2 Å². The summed E-state index contributed by atoms with van der Waals surface area (Å²) in [7, 11) is 0. The van der Waals surface area contributed by atoms with Crippen molar-refractivity contribution in [3.8, 4) is 0 Å². The number of nitrogens with one attached hydrogen (secondary N) is 1. The molecule has 19 heavy (non-hydrogen) atoms. The summed E-state index contributed by atoms with van der Waals surface area (Å²) in [6.45, 7) is 0.999. The Kier molecular flexibility index (Phi) is 4.88. The van der Waals surface area contributed by atoms with Crippen LogP contribution in [-0.4, -0.2) is 11.8 Å². The first-order valence-corrected chi connectivity index (χ1v) is 9.24. The predicted octanol–water partition coefficient (Wildman–Crippen LogP) is 4.98. The summed E-state index contributed by atoms with van der Waals surface area (Å²) in [5.74, 6) is 2.26. The van der Waals surface area contributed by atoms with Crippen LogP contribution in [-0.2, 0) is 6.54 Å². The van der Waals surface area contributed by atoms with Crippen LogP contribution in [0.4, 0.5) is 0 Å². The minimum Gasteiger partial charge on any atom is -0.310 e. The van der Waals surface area contributed by atoms with E-state index in [-0.39, 0.29) is 0 Å². The Hall–Kier alpha value is 0.01000. The Bertz CT molecular complexity index is 425. The Balaban J connectivity index is 1.51. The molecule has 0 bridgehead atoms. The highest BCUT2D eigenvalue weighted by Crippen LogP contribution is 2.32. The first-order valence-electron chi connectivity index (χ1n) is 7.46. The monoisotopic (exact) mass is 339 g/mol. The van der Waals surface area contributed by atoms with Crippen LogP contribution in [0.25, 0.3) is 0 Å². The Labute approximate surface area is 129 Å². The molecule has 0 unspecified atom stereocenters. The maximum Gasteiger partial charge on any atom is 0.0231 e. The SMILES string of the molecule is Brc1cc(SCC2CCCC2)ccc1CNC1CC1. The maximum absolute atomic E-state index is 3.72. The lowest BCUT2D eigenvalue weighted by atomic mass is 10.1. The summed E-state index contributed by atoms with van der Waals surface area (Å²) in [5, 5.41) is 3.57. The van der Waals surface area contributed by atoms with Crippen molar-refractivity contribution in [2.45, 2.75) is 56.0 Å². The Morgan fingerprint density at radius 1 is 1.16 bits per heavy atom. The summed E-state index contributed by atoms with van der Waals surface area (Å²) in [6.07, 6.45) is 8.48. The molecular formula is C16H22BrNS. The van der Waals surface area contributed by atoms with Gasteiger partial charge in [-0.05, 0) is 49.3 Å². The number of hydrogen-bond donors (Lipinski definition) is 1. The van der Waals surface area contributed by atoms with Gasteiger partial charge in [0, 0.05) is 27.7 Å². The summed E-state index contributed by atoms with van der Waals surface area (Å²) in [6, 6.07) is 7.64. The lowest BCUT2D eigenvalue weighted by Gasteiger charge is -2.10. The van der Waals surface area contributed by atoms with Crippen LogP contribution in [0.3, 0.4) is 0 Å². The summed E-state index contributed by atoms with van der Waals surface area (Å²) in [5.41, 5.74) is 1.39. The van der Waals surface area contributed by atoms with Crippen molar-refractivity contribution >= 4 is 27.7 Å². The second-order valence-electron chi connectivity index (χ2n) is 5.87. The molecule has 0 aliphatic heterocycles. The zero-order valence-corrected chi connectivity index (χ0v) is 13.7. The normalized spacial score (nSPS) is 20.1. The van der Waals surface area contributed by atoms with Gasteiger partial charge in [-0.15, -0.1) is 11.8 Å². The number of halogens is 1. The van der Waals surface area contributed by atoms with Gasteiger partial charge in [-0.2, -0.15) is 0 Å². The van der Waals surface area contributed by atoms with E-state index in [4.69, 9.17) is 0 Å². The fraction of sp³-hybridized carbons (Fsp3) is 0.625. The van der Waals surface area contributed by atoms with Gasteiger partial charge in [0.1, 0.15) is 0 Å². The number of benzene rings is 1. The molecule has 1 aromatic carbocycles. The van der Waals surface area contributed by atoms with Gasteiger partial charge in [0.05, 0.1) is 0 Å². The number of thioether (sulfide) groups is 1. The minimum absolute atomic E-state index is 0.781. The van der Waals surface area contributed by atoms with E-state index in [0.29, 0.717) is 0 Å². The number of hydrogen-bond acceptors (Lipinski definition) is 2. The molecule has 0 saturated heterocycles. The van der Waals surface area contributed by atoms with E-state index < -0.39 is 0 Å². The lowest BCUT2D eigenvalue weighted by Crippen LogP contribution is -2.15. The number of rotatable bonds is 6. The highest BCUT2D eigenvalue weighted by molar-refractivity contribution is 9.10. The molecule has 0 radical (unpaired) electrons. The second kappa shape index (κ2) is 6.64. The van der Waals surface area contributed by atoms with Crippen molar-refractivity contribution in [2.24, 2.45) is 5.92 Å². The fourth-order valence-electron chi connectivity index (χ4n) is 2.69. The molecule has 1 N–H and O–H groups in total. The quantitative estimate of drug-likeness (QED) is 0.733. The van der Waals surface area contributed by atoms with Gasteiger partial charge in [-0.25, -0.2) is 0 Å². The molecule has 2 saturated carbocycles. The van der Waals surface area contributed by atoms with E-state index in [1.807, 2.05) is 11.8 Å². The summed E-state index contributed by atoms with van der Waals surface area (Å²) < 4.78 is 1.26. The molecule has 1 aromatic rings. The highest BCUT2D eigenvalue weighted by Gasteiger charge is 2.20. The third-order valence-corrected chi connectivity index (χ3v) is 6.11. The molecule has 0 aromatic heterocycles. The molecule has 104 valence electrons. The van der Waals surface area contributed by atoms with E-state index in [0.717, 1.165) is 18.5 Å². The average molecular weight is 340 g/mol. The molecule has 0 spiro atoms. The average Bonchev–Trinajstić information content (AvgIpc) is 3.09. The zero-order valence-electron chi connectivity index (χ0n) is 11.3. The molecule has 0 amide bonds. The smallest absolute Gasteiger partial charge is 0.0231 e. The van der Waals surface area contributed by atoms with Gasteiger partial charge in [0.15, 0.2) is 0 Å². The van der Waals surface area contributed by atoms with Crippen molar-refractivity contribution in [3.63, 3.8) is 0 Å². The summed E-state index contributed by atoms with van der Waals surface area (Å²) >= 11 is 5.74. The standard InChI is InChI=1S/C16H22BrNS/c17-16-9-15(19-11-12-3-1-2-4-12)8-5-13(16)10-18-14-6-7-14/h5,8-9,12,14,18H,1-4,6-7,10-11H2. The topological polar surface area (TPSA) is 12.0 Å². The minimum atomic E-state index is 0.781. The maximum atomic E-state index is 3.72. The molecule has 1 nitrogen and oxygen atoms in total. The van der Waals surface area contributed by atoms with Gasteiger partial charge in [-0.3, -0.25) is 0 Å². The van der Waals surface area contributed by atoms with E-state index in [9.17, 15) is 0 Å². The first-order chi connectivity index (χ1) is 9.31. The predicted molar refractivity (Wildman–Crippen MR) is 86.7 cm³/mol. The van der Waals surface area contributed by atoms with E-state index in [1.165, 1.54) is 59.2 Å². The van der Waals surface area contributed by atoms with Crippen LogP contribution in [0, 0.1) is 5.92 Å². The van der Waals surface area contributed by atoms with Crippen LogP contribution in [0.5, 0.6) is 0 Å². The van der Waals surface area contributed by atoms with Crippen LogP contribution < -0.4 is 5.32 Å². The van der Waals surface area contributed by atoms with Crippen LogP contribution in [0.2, 0.25) is 0 Å². The Morgan fingerprint density at radius 3 is 2.63 bits per heavy atom. The van der Waals surface area contributed by atoms with Gasteiger partial charge in [0.2, 0.25) is 0 Å². The Morgan fingerprint density at radius 2 is 1.95 bits per heavy atom. The van der Waals surface area contributed by atoms with Crippen LogP contribution in [0.1, 0.15) is 44.1 Å². The third-order valence-electron chi connectivity index (χ3n) is 4.14. The zero-order chi connectivity index (χ0) is 13.1. The lowest BCUT2D eigenvalue weighted by molar-refractivity contribution is 0.623. The summed E-state index contributed by atoms with van der Waals surface area (Å²) in [4.78, 5) is 1.41. The fourth-order valence-corrected chi connectivity index (χ4v) is 4.49. The molecular weight excluding hydrogens is 318 g/mol. The van der Waals surface area contributed by atoms with E-state index in [2.05, 4.69) is 39.4 Å². The molecule has 0 atom stereocenters. The van der Waals surface area contributed by atoms with E-state index in [1.54, 1.807) is 0 Å². The van der Waals surface area contributed by atoms with Gasteiger partial charge in [-0.1, -0.05) is 34.8 Å². The molecule has 0 heterocycles.